The van der Waals surface area contributed by atoms with E-state index in [2.05, 4.69) is 15.2 Å². The fourth-order valence-corrected chi connectivity index (χ4v) is 4.24. The zero-order valence-electron chi connectivity index (χ0n) is 16.6. The Hall–Kier alpha value is -1.51. The Bertz CT molecular complexity index is 622. The highest BCUT2D eigenvalue weighted by Gasteiger charge is 2.30. The van der Waals surface area contributed by atoms with Crippen molar-refractivity contribution in [2.24, 2.45) is 0 Å². The van der Waals surface area contributed by atoms with Crippen LogP contribution in [0.5, 0.6) is 0 Å². The number of carbonyl (C=O) groups is 2. The van der Waals surface area contributed by atoms with Gasteiger partial charge in [0.15, 0.2) is 0 Å². The van der Waals surface area contributed by atoms with Gasteiger partial charge in [-0.25, -0.2) is 4.98 Å². The van der Waals surface area contributed by atoms with Crippen LogP contribution >= 0.6 is 11.3 Å². The second-order valence-electron chi connectivity index (χ2n) is 7.19. The number of nitrogens with one attached hydrogen (secondary N) is 1. The van der Waals surface area contributed by atoms with Crippen molar-refractivity contribution in [1.29, 1.82) is 0 Å². The lowest BCUT2D eigenvalue weighted by atomic mass is 10.0. The molecule has 0 saturated carbocycles. The van der Waals surface area contributed by atoms with Gasteiger partial charge in [-0.05, 0) is 46.2 Å². The van der Waals surface area contributed by atoms with Crippen molar-refractivity contribution in [2.45, 2.75) is 64.5 Å². The van der Waals surface area contributed by atoms with E-state index in [-0.39, 0.29) is 24.6 Å². The van der Waals surface area contributed by atoms with Gasteiger partial charge in [-0.2, -0.15) is 0 Å². The van der Waals surface area contributed by atoms with Crippen LogP contribution in [-0.2, 0) is 16.0 Å². The fourth-order valence-electron chi connectivity index (χ4n) is 3.42. The van der Waals surface area contributed by atoms with Crippen LogP contribution in [0.3, 0.4) is 0 Å². The van der Waals surface area contributed by atoms with Gasteiger partial charge >= 0.3 is 0 Å². The number of hydrogen-bond donors (Lipinski definition) is 2. The predicted octanol–water partition coefficient (Wildman–Crippen LogP) is 1.54. The van der Waals surface area contributed by atoms with E-state index in [9.17, 15) is 14.7 Å². The molecule has 1 saturated heterocycles. The third-order valence-electron chi connectivity index (χ3n) is 5.06. The largest absolute Gasteiger partial charge is 0.376 e. The van der Waals surface area contributed by atoms with Crippen LogP contribution in [0.1, 0.15) is 49.7 Å². The second kappa shape index (κ2) is 10.7. The average Bonchev–Trinajstić information content (AvgIpc) is 3.08. The third kappa shape index (κ3) is 6.26. The molecule has 0 bridgehead atoms. The Morgan fingerprint density at radius 1 is 1.48 bits per heavy atom. The van der Waals surface area contributed by atoms with Crippen molar-refractivity contribution < 1.29 is 14.7 Å². The quantitative estimate of drug-likeness (QED) is 0.619. The van der Waals surface area contributed by atoms with E-state index in [0.717, 1.165) is 49.4 Å². The fraction of sp³-hybridized carbons (Fsp3) is 0.737. The van der Waals surface area contributed by atoms with Gasteiger partial charge in [0.05, 0.1) is 11.0 Å². The summed E-state index contributed by atoms with van der Waals surface area (Å²) in [6.45, 7) is 4.85. The van der Waals surface area contributed by atoms with E-state index in [1.165, 1.54) is 4.90 Å². The summed E-state index contributed by atoms with van der Waals surface area (Å²) in [4.78, 5) is 33.3. The molecule has 2 rings (SSSR count). The summed E-state index contributed by atoms with van der Waals surface area (Å²) in [5, 5.41) is 15.6. The van der Waals surface area contributed by atoms with Gasteiger partial charge in [-0.3, -0.25) is 14.5 Å². The number of aliphatic hydroxyl groups excluding tert-OH is 1. The molecule has 0 aliphatic carbocycles. The van der Waals surface area contributed by atoms with Crippen LogP contribution in [-0.4, -0.2) is 70.7 Å². The zero-order valence-corrected chi connectivity index (χ0v) is 17.4. The minimum Gasteiger partial charge on any atom is -0.376 e. The molecule has 1 unspecified atom stereocenters. The Morgan fingerprint density at radius 2 is 2.26 bits per heavy atom. The summed E-state index contributed by atoms with van der Waals surface area (Å²) >= 11 is 1.61. The minimum absolute atomic E-state index is 0.0893. The highest BCUT2D eigenvalue weighted by atomic mass is 32.1. The molecule has 0 aromatic carbocycles. The predicted molar refractivity (Wildman–Crippen MR) is 106 cm³/mol. The first-order valence-electron chi connectivity index (χ1n) is 9.77. The molecule has 7 nitrogen and oxygen atoms in total. The van der Waals surface area contributed by atoms with E-state index in [1.54, 1.807) is 11.3 Å². The lowest BCUT2D eigenvalue weighted by Crippen LogP contribution is -2.54. The molecule has 1 aliphatic rings. The topological polar surface area (TPSA) is 85.8 Å². The second-order valence-corrected chi connectivity index (χ2v) is 8.13. The molecule has 1 aliphatic heterocycles. The molecule has 2 heterocycles. The van der Waals surface area contributed by atoms with E-state index >= 15 is 0 Å². The summed E-state index contributed by atoms with van der Waals surface area (Å²) < 4.78 is 0. The first-order chi connectivity index (χ1) is 13.0. The van der Waals surface area contributed by atoms with E-state index in [4.69, 9.17) is 0 Å². The molecule has 2 atom stereocenters. The molecular formula is C19H32N4O3S. The molecule has 8 heteroatoms. The SMILES string of the molecule is CCC(NC(=O)[C@H]1CCCCN1C)C(=O)N(CO)CCCc1nc(C)cs1. The normalized spacial score (nSPS) is 18.9. The molecule has 1 aromatic heterocycles. The third-order valence-corrected chi connectivity index (χ3v) is 6.09. The van der Waals surface area contributed by atoms with Crippen LogP contribution < -0.4 is 5.32 Å². The number of thiazole rings is 1. The van der Waals surface area contributed by atoms with Crippen molar-refractivity contribution in [3.8, 4) is 0 Å². The molecular weight excluding hydrogens is 364 g/mol. The van der Waals surface area contributed by atoms with Crippen molar-refractivity contribution in [2.75, 3.05) is 26.9 Å². The van der Waals surface area contributed by atoms with Crippen molar-refractivity contribution >= 4 is 23.2 Å². The highest BCUT2D eigenvalue weighted by Crippen LogP contribution is 2.16. The first-order valence-corrected chi connectivity index (χ1v) is 10.7. The van der Waals surface area contributed by atoms with Crippen LogP contribution in [0, 0.1) is 6.92 Å². The monoisotopic (exact) mass is 396 g/mol. The molecule has 0 spiro atoms. The highest BCUT2D eigenvalue weighted by molar-refractivity contribution is 7.09. The maximum Gasteiger partial charge on any atom is 0.246 e. The number of piperidine rings is 1. The number of nitrogens with zero attached hydrogens (tertiary/aromatic N) is 3. The van der Waals surface area contributed by atoms with Crippen LogP contribution in [0.4, 0.5) is 0 Å². The van der Waals surface area contributed by atoms with E-state index in [1.807, 2.05) is 26.3 Å². The molecule has 152 valence electrons. The lowest BCUT2D eigenvalue weighted by molar-refractivity contribution is -0.141. The zero-order chi connectivity index (χ0) is 19.8. The molecule has 0 radical (unpaired) electrons. The van der Waals surface area contributed by atoms with E-state index < -0.39 is 6.04 Å². The number of aliphatic hydroxyl groups is 1. The van der Waals surface area contributed by atoms with Gasteiger partial charge in [0.1, 0.15) is 12.8 Å². The molecule has 27 heavy (non-hydrogen) atoms. The first kappa shape index (κ1) is 21.8. The minimum atomic E-state index is -0.595. The van der Waals surface area contributed by atoms with Gasteiger partial charge in [-0.15, -0.1) is 11.3 Å². The van der Waals surface area contributed by atoms with Crippen molar-refractivity contribution in [3.63, 3.8) is 0 Å². The number of hydrogen-bond acceptors (Lipinski definition) is 6. The smallest absolute Gasteiger partial charge is 0.246 e. The molecule has 2 N–H and O–H groups in total. The number of carbonyl (C=O) groups excluding carboxylic acids is 2. The summed E-state index contributed by atoms with van der Waals surface area (Å²) in [5.41, 5.74) is 1.01. The van der Waals surface area contributed by atoms with Crippen LogP contribution in [0.2, 0.25) is 0 Å². The van der Waals surface area contributed by atoms with Gasteiger partial charge in [0, 0.05) is 24.0 Å². The summed E-state index contributed by atoms with van der Waals surface area (Å²) in [7, 11) is 1.95. The lowest BCUT2D eigenvalue weighted by Gasteiger charge is -2.33. The molecule has 1 aromatic rings. The molecule has 2 amide bonds. The van der Waals surface area contributed by atoms with Crippen molar-refractivity contribution in [1.82, 2.24) is 20.1 Å². The van der Waals surface area contributed by atoms with Crippen molar-refractivity contribution in [3.05, 3.63) is 16.1 Å². The van der Waals surface area contributed by atoms with E-state index in [0.29, 0.717) is 13.0 Å². The standard InChI is InChI=1S/C19H32N4O3S/c1-4-15(21-18(25)16-8-5-6-10-22(16)3)19(26)23(13-24)11-7-9-17-20-14(2)12-27-17/h12,15-16,24H,4-11,13H2,1-3H3,(H,21,25)/t15?,16-/m1/s1. The van der Waals surface area contributed by atoms with Crippen LogP contribution in [0.25, 0.3) is 0 Å². The summed E-state index contributed by atoms with van der Waals surface area (Å²) in [6.07, 6.45) is 4.97. The van der Waals surface area contributed by atoms with Crippen LogP contribution in [0.15, 0.2) is 5.38 Å². The summed E-state index contributed by atoms with van der Waals surface area (Å²) in [6, 6.07) is -0.765. The van der Waals surface area contributed by atoms with Gasteiger partial charge < -0.3 is 15.3 Å². The number of aryl methyl sites for hydroxylation is 2. The van der Waals surface area contributed by atoms with Gasteiger partial charge in [0.25, 0.3) is 0 Å². The number of likely N-dealkylation sites (N-methyl/N-ethyl adjacent to an activating group) is 1. The number of likely N-dealkylation sites (tertiary alicyclic amines) is 1. The Balaban J connectivity index is 1.87. The number of amides is 2. The average molecular weight is 397 g/mol. The maximum atomic E-state index is 12.8. The van der Waals surface area contributed by atoms with Gasteiger partial charge in [0.2, 0.25) is 11.8 Å². The Kier molecular flexibility index (Phi) is 8.66. The maximum absolute atomic E-state index is 12.8. The number of rotatable bonds is 9. The molecule has 1 fully saturated rings. The Labute approximate surface area is 165 Å². The number of aromatic nitrogens is 1. The summed E-state index contributed by atoms with van der Waals surface area (Å²) in [5.74, 6) is -0.310. The van der Waals surface area contributed by atoms with Gasteiger partial charge in [-0.1, -0.05) is 13.3 Å². The Morgan fingerprint density at radius 3 is 2.85 bits per heavy atom.